The average Bonchev–Trinajstić information content (AvgIpc) is 3.82. The van der Waals surface area contributed by atoms with E-state index in [-0.39, 0.29) is 5.41 Å². The summed E-state index contributed by atoms with van der Waals surface area (Å²) < 4.78 is 8.75. The summed E-state index contributed by atoms with van der Waals surface area (Å²) in [5.74, 6) is 0.641. The first kappa shape index (κ1) is 29.9. The summed E-state index contributed by atoms with van der Waals surface area (Å²) in [5, 5.41) is 4.58. The van der Waals surface area contributed by atoms with Crippen molar-refractivity contribution in [3.8, 4) is 50.7 Å². The van der Waals surface area contributed by atoms with Crippen LogP contribution in [0, 0.1) is 0 Å². The fraction of sp³-hybridized carbons (Fsp3) is 0.0612. The van der Waals surface area contributed by atoms with Gasteiger partial charge in [0.25, 0.3) is 0 Å². The number of para-hydroxylation sites is 1. The van der Waals surface area contributed by atoms with E-state index in [9.17, 15) is 0 Å². The first-order chi connectivity index (χ1) is 26.0. The van der Waals surface area contributed by atoms with E-state index >= 15 is 0 Å². The Kier molecular flexibility index (Phi) is 6.27. The molecule has 0 saturated carbocycles. The number of fused-ring (bicyclic) bond motifs is 9. The molecule has 3 heterocycles. The number of nitrogens with zero attached hydrogens (tertiary/aromatic N) is 3. The van der Waals surface area contributed by atoms with Gasteiger partial charge in [-0.25, -0.2) is 9.97 Å². The molecule has 0 radical (unpaired) electrons. The molecule has 4 nitrogen and oxygen atoms in total. The van der Waals surface area contributed by atoms with Gasteiger partial charge in [-0.2, -0.15) is 0 Å². The molecule has 10 aromatic rings. The molecule has 1 aliphatic carbocycles. The fourth-order valence-electron chi connectivity index (χ4n) is 8.56. The lowest BCUT2D eigenvalue weighted by Gasteiger charge is -2.21. The van der Waals surface area contributed by atoms with Crippen LogP contribution in [0.2, 0.25) is 0 Å². The Hall–Kier alpha value is -6.78. The maximum Gasteiger partial charge on any atom is 0.235 e. The number of rotatable bonds is 4. The van der Waals surface area contributed by atoms with Gasteiger partial charge in [0.1, 0.15) is 11.2 Å². The van der Waals surface area contributed by atoms with E-state index in [4.69, 9.17) is 14.4 Å². The standard InChI is InChI=1S/C49H33N3O/c1-49(2)40-19-11-9-17-34(40)37-27-39-38-25-32(22-24-46(38)53-47(39)28-41(37)49)33-21-23-36-35-18-10-12-20-44(35)52(45(36)26-33)48-50-42(30-13-5-3-6-14-30)29-43(51-48)31-15-7-4-8-16-31/h3-29H,1-2H3. The van der Waals surface area contributed by atoms with Gasteiger partial charge in [0.15, 0.2) is 0 Å². The summed E-state index contributed by atoms with van der Waals surface area (Å²) in [4.78, 5) is 10.5. The molecule has 0 amide bonds. The smallest absolute Gasteiger partial charge is 0.235 e. The lowest BCUT2D eigenvalue weighted by Crippen LogP contribution is -2.14. The molecule has 1 aliphatic rings. The molecule has 250 valence electrons. The van der Waals surface area contributed by atoms with Crippen LogP contribution >= 0.6 is 0 Å². The van der Waals surface area contributed by atoms with Crippen LogP contribution in [0.15, 0.2) is 168 Å². The number of aromatic nitrogens is 3. The van der Waals surface area contributed by atoms with E-state index < -0.39 is 0 Å². The zero-order valence-electron chi connectivity index (χ0n) is 29.3. The first-order valence-electron chi connectivity index (χ1n) is 18.2. The quantitative estimate of drug-likeness (QED) is 0.186. The second-order valence-corrected chi connectivity index (χ2v) is 14.6. The summed E-state index contributed by atoms with van der Waals surface area (Å²) in [7, 11) is 0. The van der Waals surface area contributed by atoms with Crippen LogP contribution in [0.3, 0.4) is 0 Å². The van der Waals surface area contributed by atoms with E-state index in [0.29, 0.717) is 5.95 Å². The minimum atomic E-state index is -0.0791. The zero-order valence-corrected chi connectivity index (χ0v) is 29.3. The van der Waals surface area contributed by atoms with Crippen LogP contribution in [-0.4, -0.2) is 14.5 Å². The third-order valence-electron chi connectivity index (χ3n) is 11.2. The highest BCUT2D eigenvalue weighted by Crippen LogP contribution is 2.51. The van der Waals surface area contributed by atoms with Crippen molar-refractivity contribution in [3.05, 3.63) is 175 Å². The third-order valence-corrected chi connectivity index (χ3v) is 11.2. The molecule has 0 atom stereocenters. The van der Waals surface area contributed by atoms with E-state index in [1.54, 1.807) is 0 Å². The van der Waals surface area contributed by atoms with E-state index in [1.807, 2.05) is 12.1 Å². The molecule has 0 bridgehead atoms. The van der Waals surface area contributed by atoms with E-state index in [1.165, 1.54) is 22.3 Å². The Morgan fingerprint density at radius 3 is 1.83 bits per heavy atom. The van der Waals surface area contributed by atoms with Crippen molar-refractivity contribution in [3.63, 3.8) is 0 Å². The maximum atomic E-state index is 6.52. The lowest BCUT2D eigenvalue weighted by atomic mass is 9.82. The van der Waals surface area contributed by atoms with Crippen molar-refractivity contribution in [2.45, 2.75) is 19.3 Å². The van der Waals surface area contributed by atoms with Crippen molar-refractivity contribution < 1.29 is 4.42 Å². The maximum absolute atomic E-state index is 6.52. The van der Waals surface area contributed by atoms with Gasteiger partial charge in [0.2, 0.25) is 5.95 Å². The van der Waals surface area contributed by atoms with Crippen LogP contribution in [0.1, 0.15) is 25.0 Å². The van der Waals surface area contributed by atoms with Gasteiger partial charge in [-0.05, 0) is 75.8 Å². The van der Waals surface area contributed by atoms with Gasteiger partial charge in [0, 0.05) is 38.1 Å². The predicted molar refractivity (Wildman–Crippen MR) is 218 cm³/mol. The van der Waals surface area contributed by atoms with Gasteiger partial charge in [-0.15, -0.1) is 0 Å². The van der Waals surface area contributed by atoms with Crippen LogP contribution < -0.4 is 0 Å². The second kappa shape index (κ2) is 11.1. The SMILES string of the molecule is CC1(C)c2ccccc2-c2cc3c(cc21)oc1ccc(-c2ccc4c5ccccc5n(-c5nc(-c6ccccc6)cc(-c6ccccc6)n5)c4c2)cc13. The molecule has 0 unspecified atom stereocenters. The molecule has 0 spiro atoms. The molecule has 3 aromatic heterocycles. The molecule has 53 heavy (non-hydrogen) atoms. The second-order valence-electron chi connectivity index (χ2n) is 14.6. The molecule has 0 N–H and O–H groups in total. The van der Waals surface area contributed by atoms with E-state index in [2.05, 4.69) is 170 Å². The number of furan rings is 1. The molecule has 7 aromatic carbocycles. The topological polar surface area (TPSA) is 43.9 Å². The van der Waals surface area contributed by atoms with Crippen LogP contribution in [0.25, 0.3) is 94.5 Å². The fourth-order valence-corrected chi connectivity index (χ4v) is 8.56. The first-order valence-corrected chi connectivity index (χ1v) is 18.2. The van der Waals surface area contributed by atoms with Crippen molar-refractivity contribution in [2.24, 2.45) is 0 Å². The number of hydrogen-bond donors (Lipinski definition) is 0. The molecule has 4 heteroatoms. The van der Waals surface area contributed by atoms with Gasteiger partial charge in [0.05, 0.1) is 22.4 Å². The minimum absolute atomic E-state index is 0.0791. The Morgan fingerprint density at radius 2 is 1.06 bits per heavy atom. The molecule has 0 saturated heterocycles. The highest BCUT2D eigenvalue weighted by atomic mass is 16.3. The summed E-state index contributed by atoms with van der Waals surface area (Å²) in [6, 6.07) is 58.1. The minimum Gasteiger partial charge on any atom is -0.456 e. The monoisotopic (exact) mass is 679 g/mol. The predicted octanol–water partition coefficient (Wildman–Crippen LogP) is 12.8. The summed E-state index contributed by atoms with van der Waals surface area (Å²) in [6.45, 7) is 4.62. The number of benzene rings is 7. The van der Waals surface area contributed by atoms with Gasteiger partial charge >= 0.3 is 0 Å². The summed E-state index contributed by atoms with van der Waals surface area (Å²) in [6.07, 6.45) is 0. The summed E-state index contributed by atoms with van der Waals surface area (Å²) >= 11 is 0. The van der Waals surface area contributed by atoms with Gasteiger partial charge in [-0.1, -0.05) is 135 Å². The molecule has 11 rings (SSSR count). The molecule has 0 aliphatic heterocycles. The van der Waals surface area contributed by atoms with E-state index in [0.717, 1.165) is 77.4 Å². The Bertz CT molecular complexity index is 3020. The highest BCUT2D eigenvalue weighted by molar-refractivity contribution is 6.11. The van der Waals surface area contributed by atoms with Crippen LogP contribution in [0.4, 0.5) is 0 Å². The Morgan fingerprint density at radius 1 is 0.434 bits per heavy atom. The largest absolute Gasteiger partial charge is 0.456 e. The van der Waals surface area contributed by atoms with Gasteiger partial charge in [-0.3, -0.25) is 4.57 Å². The van der Waals surface area contributed by atoms with Crippen molar-refractivity contribution >= 4 is 43.7 Å². The molecule has 0 fully saturated rings. The zero-order chi connectivity index (χ0) is 35.3. The summed E-state index contributed by atoms with van der Waals surface area (Å²) in [5.41, 5.74) is 15.3. The normalized spacial score (nSPS) is 13.2. The average molecular weight is 680 g/mol. The highest BCUT2D eigenvalue weighted by Gasteiger charge is 2.36. The third kappa shape index (κ3) is 4.49. The Balaban J connectivity index is 1.11. The number of hydrogen-bond acceptors (Lipinski definition) is 3. The molecular formula is C49H33N3O. The van der Waals surface area contributed by atoms with Crippen molar-refractivity contribution in [1.82, 2.24) is 14.5 Å². The van der Waals surface area contributed by atoms with Crippen molar-refractivity contribution in [1.29, 1.82) is 0 Å². The van der Waals surface area contributed by atoms with Crippen LogP contribution in [-0.2, 0) is 5.41 Å². The lowest BCUT2D eigenvalue weighted by molar-refractivity contribution is 0.647. The van der Waals surface area contributed by atoms with Gasteiger partial charge < -0.3 is 4.42 Å². The molecular weight excluding hydrogens is 647 g/mol. The van der Waals surface area contributed by atoms with Crippen molar-refractivity contribution in [2.75, 3.05) is 0 Å². The van der Waals surface area contributed by atoms with Crippen LogP contribution in [0.5, 0.6) is 0 Å². The Labute approximate surface area is 306 Å².